The molecule has 5 aromatic rings. The van der Waals surface area contributed by atoms with Crippen molar-refractivity contribution in [2.45, 2.75) is 0 Å². The van der Waals surface area contributed by atoms with Crippen molar-refractivity contribution in [3.05, 3.63) is 58.0 Å². The van der Waals surface area contributed by atoms with Crippen molar-refractivity contribution in [2.75, 3.05) is 0 Å². The van der Waals surface area contributed by atoms with E-state index >= 15 is 0 Å². The first-order chi connectivity index (χ1) is 15.9. The molecule has 0 fully saturated rings. The summed E-state index contributed by atoms with van der Waals surface area (Å²) in [4.78, 5) is 3.07. The third kappa shape index (κ3) is 5.93. The summed E-state index contributed by atoms with van der Waals surface area (Å²) in [5, 5.41) is 2.34. The fraction of sp³-hybridized carbons (Fsp3) is 0. The number of halogens is 2. The summed E-state index contributed by atoms with van der Waals surface area (Å²) in [7, 11) is -9.93. The average molecular weight is 651 g/mol. The van der Waals surface area contributed by atoms with E-state index in [1.54, 1.807) is 42.5 Å². The van der Waals surface area contributed by atoms with Gasteiger partial charge in [0.25, 0.3) is 0 Å². The number of rotatable bonds is 5. The topological polar surface area (TPSA) is 143 Å². The van der Waals surface area contributed by atoms with Gasteiger partial charge in [0.15, 0.2) is 11.5 Å². The van der Waals surface area contributed by atoms with E-state index in [1.807, 2.05) is 6.07 Å². The van der Waals surface area contributed by atoms with Crippen LogP contribution in [0.25, 0.3) is 42.3 Å². The van der Waals surface area contributed by atoms with Crippen LogP contribution in [0, 0.1) is 0 Å². The Labute approximate surface area is 266 Å². The summed E-state index contributed by atoms with van der Waals surface area (Å²) in [6.07, 6.45) is 0. The van der Waals surface area contributed by atoms with Crippen molar-refractivity contribution >= 4 is 151 Å². The van der Waals surface area contributed by atoms with Crippen LogP contribution in [-0.2, 0) is 20.8 Å². The Hall–Kier alpha value is -0.390. The second kappa shape index (κ2) is 11.0. The zero-order valence-electron chi connectivity index (χ0n) is 18.4. The molecule has 2 radical (unpaired) electrons. The Balaban J connectivity index is 0.00000180. The normalized spacial score (nSPS) is 11.9. The second-order valence-electron chi connectivity index (χ2n) is 7.08. The first-order valence-corrected chi connectivity index (χ1v) is 13.9. The number of hydrogen-bond donors (Lipinski definition) is 3. The largest absolute Gasteiger partial charge is 0.446 e. The van der Waals surface area contributed by atoms with E-state index in [9.17, 15) is 25.9 Å². The van der Waals surface area contributed by atoms with Crippen LogP contribution in [0.4, 0.5) is 0 Å². The van der Waals surface area contributed by atoms with Crippen LogP contribution in [0.3, 0.4) is 0 Å². The van der Waals surface area contributed by atoms with Crippen LogP contribution in [0.2, 0.25) is 5.02 Å². The number of aromatic amines is 1. The summed E-state index contributed by atoms with van der Waals surface area (Å²) in [6, 6.07) is 13.4. The summed E-state index contributed by atoms with van der Waals surface area (Å²) in [5.41, 5.74) is 0.431. The Morgan fingerprint density at radius 1 is 0.889 bits per heavy atom. The molecular formula is C20H11BrClNNa2O8S3. The van der Waals surface area contributed by atoms with Gasteiger partial charge in [-0.1, -0.05) is 45.7 Å². The number of H-pyrrole nitrogens is 1. The summed E-state index contributed by atoms with van der Waals surface area (Å²) >= 11 is 10.8. The van der Waals surface area contributed by atoms with E-state index in [0.29, 0.717) is 30.5 Å². The fourth-order valence-electron chi connectivity index (χ4n) is 3.70. The smallest absolute Gasteiger partial charge is 0.359 e. The van der Waals surface area contributed by atoms with Crippen LogP contribution in [-0.4, -0.2) is 90.0 Å². The number of fused-ring (bicyclic) bond motifs is 4. The molecule has 2 aromatic heterocycles. The first kappa shape index (κ1) is 30.2. The van der Waals surface area contributed by atoms with Gasteiger partial charge in [-0.05, 0) is 35.7 Å². The molecule has 3 N–H and O–H groups in total. The minimum Gasteiger partial charge on any atom is -0.359 e. The van der Waals surface area contributed by atoms with E-state index < -0.39 is 20.8 Å². The molecule has 0 aliphatic rings. The van der Waals surface area contributed by atoms with Gasteiger partial charge in [0.1, 0.15) is 5.69 Å². The summed E-state index contributed by atoms with van der Waals surface area (Å²) < 4.78 is 76.5. The van der Waals surface area contributed by atoms with Gasteiger partial charge >= 0.3 is 20.8 Å². The van der Waals surface area contributed by atoms with Gasteiger partial charge in [0, 0.05) is 95.0 Å². The zero-order chi connectivity index (χ0) is 24.4. The predicted octanol–water partition coefficient (Wildman–Crippen LogP) is 5.22. The van der Waals surface area contributed by atoms with E-state index in [1.165, 1.54) is 0 Å². The van der Waals surface area contributed by atoms with Gasteiger partial charge in [0.05, 0.1) is 4.88 Å². The molecule has 0 bridgehead atoms. The maximum absolute atomic E-state index is 11.7. The fourth-order valence-corrected chi connectivity index (χ4v) is 6.51. The van der Waals surface area contributed by atoms with Gasteiger partial charge in [-0.3, -0.25) is 9.11 Å². The van der Waals surface area contributed by atoms with Crippen LogP contribution < -0.4 is 8.37 Å². The number of nitrogens with one attached hydrogen (secondary N) is 1. The van der Waals surface area contributed by atoms with Crippen molar-refractivity contribution in [3.8, 4) is 22.1 Å². The van der Waals surface area contributed by atoms with Crippen LogP contribution in [0.15, 0.2) is 53.0 Å². The standard InChI is InChI=1S/C20H11BrClNO8S3.2Na/c21-10-5-7-14-12(8-10)17(30-33(24,25)26)16(23-14)20-18(31-34(27,28)29)11-6-4-9-2-1-3-13(22)15(9)19(11)32-20;;/h1-8,23H,(H,24,25,26)(H,27,28,29);;. The molecule has 5 rings (SSSR count). The quantitative estimate of drug-likeness (QED) is 0.174. The van der Waals surface area contributed by atoms with Gasteiger partial charge in [0.2, 0.25) is 0 Å². The van der Waals surface area contributed by atoms with E-state index in [0.717, 1.165) is 16.7 Å². The number of hydrogen-bond acceptors (Lipinski definition) is 7. The molecule has 36 heavy (non-hydrogen) atoms. The molecule has 0 saturated carbocycles. The minimum atomic E-state index is -4.97. The van der Waals surface area contributed by atoms with Crippen molar-refractivity contribution in [1.82, 2.24) is 4.98 Å². The Morgan fingerprint density at radius 3 is 2.22 bits per heavy atom. The van der Waals surface area contributed by atoms with Gasteiger partial charge in [-0.2, -0.15) is 16.8 Å². The maximum Gasteiger partial charge on any atom is 0.446 e. The molecule has 0 amide bonds. The predicted molar refractivity (Wildman–Crippen MR) is 145 cm³/mol. The molecule has 2 heterocycles. The van der Waals surface area contributed by atoms with E-state index in [4.69, 9.17) is 20.0 Å². The molecule has 9 nitrogen and oxygen atoms in total. The van der Waals surface area contributed by atoms with Gasteiger partial charge in [-0.25, -0.2) is 0 Å². The minimum absolute atomic E-state index is 0. The molecule has 178 valence electrons. The van der Waals surface area contributed by atoms with Crippen molar-refractivity contribution < 1.29 is 34.3 Å². The SMILES string of the molecule is O=S(=O)(O)Oc1c(-c2sc3c(ccc4cccc(Cl)c43)c2OS(=O)(=O)O)[nH]c2ccc(Br)cc12.[Na].[Na]. The average Bonchev–Trinajstić information content (AvgIpc) is 3.24. The summed E-state index contributed by atoms with van der Waals surface area (Å²) in [6.45, 7) is 0. The number of benzene rings is 3. The maximum atomic E-state index is 11.7. The Bertz CT molecular complexity index is 1860. The molecule has 0 saturated heterocycles. The van der Waals surface area contributed by atoms with Crippen molar-refractivity contribution in [1.29, 1.82) is 0 Å². The molecule has 3 aromatic carbocycles. The first-order valence-electron chi connectivity index (χ1n) is 9.20. The van der Waals surface area contributed by atoms with Crippen molar-refractivity contribution in [2.24, 2.45) is 0 Å². The van der Waals surface area contributed by atoms with Crippen LogP contribution in [0.1, 0.15) is 0 Å². The molecule has 16 heteroatoms. The monoisotopic (exact) mass is 649 g/mol. The molecular weight excluding hydrogens is 640 g/mol. The van der Waals surface area contributed by atoms with Crippen molar-refractivity contribution in [3.63, 3.8) is 0 Å². The summed E-state index contributed by atoms with van der Waals surface area (Å²) in [5.74, 6) is -0.559. The molecule has 0 unspecified atom stereocenters. The van der Waals surface area contributed by atoms with Crippen LogP contribution in [0.5, 0.6) is 11.5 Å². The van der Waals surface area contributed by atoms with E-state index in [-0.39, 0.29) is 86.6 Å². The third-order valence-electron chi connectivity index (χ3n) is 4.92. The molecule has 0 aliphatic heterocycles. The van der Waals surface area contributed by atoms with Crippen LogP contribution >= 0.6 is 38.9 Å². The van der Waals surface area contributed by atoms with Gasteiger partial charge in [-0.15, -0.1) is 11.3 Å². The number of aromatic nitrogens is 1. The number of thiophene rings is 1. The zero-order valence-corrected chi connectivity index (χ0v) is 27.2. The Morgan fingerprint density at radius 2 is 1.56 bits per heavy atom. The third-order valence-corrected chi connectivity index (χ3v) is 7.70. The Kier molecular flexibility index (Phi) is 9.22. The second-order valence-corrected chi connectivity index (χ2v) is 11.5. The molecule has 0 aliphatic carbocycles. The van der Waals surface area contributed by atoms with E-state index in [2.05, 4.69) is 20.9 Å². The molecule has 0 atom stereocenters. The van der Waals surface area contributed by atoms with Gasteiger partial charge < -0.3 is 13.4 Å². The molecule has 0 spiro atoms.